The number of nitrogens with two attached hydrogens (primary N) is 1. The van der Waals surface area contributed by atoms with Crippen molar-refractivity contribution in [2.75, 3.05) is 5.73 Å². The second-order valence-corrected chi connectivity index (χ2v) is 3.53. The molecule has 0 amide bonds. The van der Waals surface area contributed by atoms with Gasteiger partial charge >= 0.3 is 0 Å². The van der Waals surface area contributed by atoms with Gasteiger partial charge in [-0.15, -0.1) is 0 Å². The zero-order valence-electron chi connectivity index (χ0n) is 8.18. The van der Waals surface area contributed by atoms with E-state index in [0.717, 1.165) is 5.82 Å². The Labute approximate surface area is 91.9 Å². The van der Waals surface area contributed by atoms with Crippen molar-refractivity contribution >= 4 is 17.4 Å². The molecule has 2 heterocycles. The van der Waals surface area contributed by atoms with Crippen LogP contribution in [0.25, 0.3) is 0 Å². The number of aryl methyl sites for hydroxylation is 1. The first kappa shape index (κ1) is 9.92. The largest absolute Gasteiger partial charge is 0.382 e. The van der Waals surface area contributed by atoms with Crippen LogP contribution in [0.15, 0.2) is 18.7 Å². The first-order chi connectivity index (χ1) is 7.18. The van der Waals surface area contributed by atoms with Gasteiger partial charge in [-0.3, -0.25) is 0 Å². The van der Waals surface area contributed by atoms with Crippen molar-refractivity contribution in [3.63, 3.8) is 0 Å². The number of hydrogen-bond acceptors (Lipinski definition) is 4. The molecule has 2 rings (SSSR count). The van der Waals surface area contributed by atoms with Gasteiger partial charge in [-0.25, -0.2) is 15.0 Å². The van der Waals surface area contributed by atoms with Crippen molar-refractivity contribution in [3.05, 3.63) is 35.3 Å². The molecule has 0 aliphatic heterocycles. The molecule has 0 aliphatic carbocycles. The molecule has 0 saturated heterocycles. The molecule has 2 aromatic rings. The normalized spacial score (nSPS) is 10.5. The summed E-state index contributed by atoms with van der Waals surface area (Å²) in [5, 5.41) is 0.403. The number of imidazole rings is 1. The van der Waals surface area contributed by atoms with Crippen molar-refractivity contribution in [3.8, 4) is 0 Å². The van der Waals surface area contributed by atoms with Crippen LogP contribution in [-0.4, -0.2) is 19.5 Å². The highest BCUT2D eigenvalue weighted by Crippen LogP contribution is 2.20. The van der Waals surface area contributed by atoms with E-state index in [1.165, 1.54) is 6.33 Å². The van der Waals surface area contributed by atoms with Crippen LogP contribution in [0.4, 0.5) is 5.82 Å². The summed E-state index contributed by atoms with van der Waals surface area (Å²) in [7, 11) is 1.92. The quantitative estimate of drug-likeness (QED) is 0.826. The molecular weight excluding hydrogens is 214 g/mol. The van der Waals surface area contributed by atoms with E-state index in [9.17, 15) is 0 Å². The molecular formula is C9H10ClN5. The van der Waals surface area contributed by atoms with E-state index in [4.69, 9.17) is 17.3 Å². The molecule has 0 unspecified atom stereocenters. The van der Waals surface area contributed by atoms with Crippen LogP contribution in [0.5, 0.6) is 0 Å². The number of halogens is 1. The van der Waals surface area contributed by atoms with Gasteiger partial charge in [0.2, 0.25) is 0 Å². The third-order valence-corrected chi connectivity index (χ3v) is 2.55. The van der Waals surface area contributed by atoms with E-state index in [0.29, 0.717) is 23.0 Å². The summed E-state index contributed by atoms with van der Waals surface area (Å²) >= 11 is 5.98. The Balaban J connectivity index is 2.33. The van der Waals surface area contributed by atoms with Gasteiger partial charge < -0.3 is 10.3 Å². The Kier molecular flexibility index (Phi) is 2.55. The SMILES string of the molecule is Cn1ccnc1Cc1ncnc(N)c1Cl. The fraction of sp³-hybridized carbons (Fsp3) is 0.222. The van der Waals surface area contributed by atoms with Gasteiger partial charge in [-0.2, -0.15) is 0 Å². The summed E-state index contributed by atoms with van der Waals surface area (Å²) in [5.74, 6) is 1.19. The molecule has 0 aromatic carbocycles. The maximum atomic E-state index is 5.98. The molecule has 2 N–H and O–H groups in total. The first-order valence-corrected chi connectivity index (χ1v) is 4.77. The highest BCUT2D eigenvalue weighted by Gasteiger charge is 2.09. The molecule has 78 valence electrons. The smallest absolute Gasteiger partial charge is 0.145 e. The van der Waals surface area contributed by atoms with Crippen LogP contribution < -0.4 is 5.73 Å². The van der Waals surface area contributed by atoms with Gasteiger partial charge in [-0.05, 0) is 0 Å². The summed E-state index contributed by atoms with van der Waals surface area (Å²) in [6.07, 6.45) is 5.55. The molecule has 6 heteroatoms. The topological polar surface area (TPSA) is 69.6 Å². The lowest BCUT2D eigenvalue weighted by Gasteiger charge is -2.04. The number of nitrogens with zero attached hydrogens (tertiary/aromatic N) is 4. The van der Waals surface area contributed by atoms with Crippen LogP contribution in [-0.2, 0) is 13.5 Å². The average molecular weight is 224 g/mol. The summed E-state index contributed by atoms with van der Waals surface area (Å²) in [5.41, 5.74) is 6.27. The number of rotatable bonds is 2. The summed E-state index contributed by atoms with van der Waals surface area (Å²) in [6, 6.07) is 0. The lowest BCUT2D eigenvalue weighted by atomic mass is 10.3. The Morgan fingerprint density at radius 2 is 2.20 bits per heavy atom. The van der Waals surface area contributed by atoms with Gasteiger partial charge in [0.05, 0.1) is 5.69 Å². The van der Waals surface area contributed by atoms with E-state index in [1.807, 2.05) is 17.8 Å². The minimum Gasteiger partial charge on any atom is -0.382 e. The van der Waals surface area contributed by atoms with Crippen LogP contribution in [0, 0.1) is 0 Å². The fourth-order valence-electron chi connectivity index (χ4n) is 1.26. The van der Waals surface area contributed by atoms with Crippen molar-refractivity contribution in [2.45, 2.75) is 6.42 Å². The number of hydrogen-bond donors (Lipinski definition) is 1. The van der Waals surface area contributed by atoms with Gasteiger partial charge in [0.15, 0.2) is 0 Å². The van der Waals surface area contributed by atoms with E-state index >= 15 is 0 Å². The van der Waals surface area contributed by atoms with Gasteiger partial charge in [0.25, 0.3) is 0 Å². The van der Waals surface area contributed by atoms with Gasteiger partial charge in [0.1, 0.15) is 23.0 Å². The van der Waals surface area contributed by atoms with E-state index in [-0.39, 0.29) is 0 Å². The summed E-state index contributed by atoms with van der Waals surface area (Å²) in [6.45, 7) is 0. The predicted octanol–water partition coefficient (Wildman–Crippen LogP) is 1.04. The van der Waals surface area contributed by atoms with E-state index in [1.54, 1.807) is 6.20 Å². The molecule has 0 saturated carbocycles. The second kappa shape index (κ2) is 3.86. The van der Waals surface area contributed by atoms with Crippen LogP contribution >= 0.6 is 11.6 Å². The molecule has 2 aromatic heterocycles. The number of aromatic nitrogens is 4. The predicted molar refractivity (Wildman–Crippen MR) is 57.5 cm³/mol. The standard InChI is InChI=1S/C9H10ClN5/c1-15-3-2-12-7(15)4-6-8(10)9(11)14-5-13-6/h2-3,5H,4H2,1H3,(H2,11,13,14). The zero-order valence-corrected chi connectivity index (χ0v) is 8.94. The zero-order chi connectivity index (χ0) is 10.8. The molecule has 0 radical (unpaired) electrons. The van der Waals surface area contributed by atoms with Crippen LogP contribution in [0.2, 0.25) is 5.02 Å². The lowest BCUT2D eigenvalue weighted by molar-refractivity contribution is 0.809. The summed E-state index contributed by atoms with van der Waals surface area (Å²) < 4.78 is 1.91. The Morgan fingerprint density at radius 3 is 2.87 bits per heavy atom. The van der Waals surface area contributed by atoms with Crippen molar-refractivity contribution in [2.24, 2.45) is 7.05 Å². The minimum atomic E-state index is 0.302. The van der Waals surface area contributed by atoms with Crippen molar-refractivity contribution in [1.29, 1.82) is 0 Å². The fourth-order valence-corrected chi connectivity index (χ4v) is 1.43. The van der Waals surface area contributed by atoms with Crippen LogP contribution in [0.3, 0.4) is 0 Å². The molecule has 0 fully saturated rings. The Hall–Kier alpha value is -1.62. The highest BCUT2D eigenvalue weighted by atomic mass is 35.5. The number of nitrogen functional groups attached to an aromatic ring is 1. The molecule has 0 aliphatic rings. The molecule has 0 atom stereocenters. The van der Waals surface area contributed by atoms with E-state index in [2.05, 4.69) is 15.0 Å². The summed E-state index contributed by atoms with van der Waals surface area (Å²) in [4.78, 5) is 12.1. The minimum absolute atomic E-state index is 0.302. The molecule has 0 spiro atoms. The van der Waals surface area contributed by atoms with Crippen molar-refractivity contribution < 1.29 is 0 Å². The molecule has 5 nitrogen and oxygen atoms in total. The van der Waals surface area contributed by atoms with Gasteiger partial charge in [0, 0.05) is 25.9 Å². The Morgan fingerprint density at radius 1 is 1.40 bits per heavy atom. The monoisotopic (exact) mass is 223 g/mol. The second-order valence-electron chi connectivity index (χ2n) is 3.15. The van der Waals surface area contributed by atoms with E-state index < -0.39 is 0 Å². The highest BCUT2D eigenvalue weighted by molar-refractivity contribution is 6.33. The van der Waals surface area contributed by atoms with Crippen molar-refractivity contribution in [1.82, 2.24) is 19.5 Å². The number of anilines is 1. The Bertz CT molecular complexity index is 479. The average Bonchev–Trinajstić information content (AvgIpc) is 2.60. The maximum Gasteiger partial charge on any atom is 0.145 e. The van der Waals surface area contributed by atoms with Gasteiger partial charge in [-0.1, -0.05) is 11.6 Å². The third-order valence-electron chi connectivity index (χ3n) is 2.14. The molecule has 15 heavy (non-hydrogen) atoms. The third kappa shape index (κ3) is 1.92. The molecule has 0 bridgehead atoms. The maximum absolute atomic E-state index is 5.98. The lowest BCUT2D eigenvalue weighted by Crippen LogP contribution is -2.03. The van der Waals surface area contributed by atoms with Crippen LogP contribution in [0.1, 0.15) is 11.5 Å². The first-order valence-electron chi connectivity index (χ1n) is 4.39.